The Balaban J connectivity index is 1.63. The number of aromatic carboxylic acids is 1. The minimum Gasteiger partial charge on any atom is -0.490 e. The van der Waals surface area contributed by atoms with Gasteiger partial charge in [0.05, 0.1) is 28.4 Å². The van der Waals surface area contributed by atoms with Crippen LogP contribution in [0.1, 0.15) is 38.8 Å². The minimum atomic E-state index is -1.01. The Labute approximate surface area is 224 Å². The number of halogens is 2. The van der Waals surface area contributed by atoms with Crippen LogP contribution in [-0.2, 0) is 6.61 Å². The first-order valence-corrected chi connectivity index (χ1v) is 11.9. The zero-order valence-corrected chi connectivity index (χ0v) is 21.4. The van der Waals surface area contributed by atoms with Gasteiger partial charge in [0.25, 0.3) is 5.91 Å². The zero-order chi connectivity index (χ0) is 26.8. The molecule has 0 aliphatic rings. The van der Waals surface area contributed by atoms with E-state index in [1.165, 1.54) is 18.3 Å². The second kappa shape index (κ2) is 13.3. The summed E-state index contributed by atoms with van der Waals surface area (Å²) in [4.78, 5) is 23.5. The van der Waals surface area contributed by atoms with Gasteiger partial charge < -0.3 is 19.3 Å². The number of hydrogen-bond donors (Lipinski definition) is 2. The van der Waals surface area contributed by atoms with Crippen LogP contribution in [0.25, 0.3) is 0 Å². The van der Waals surface area contributed by atoms with Gasteiger partial charge in [0.1, 0.15) is 13.2 Å². The second-order valence-corrected chi connectivity index (χ2v) is 8.31. The van der Waals surface area contributed by atoms with E-state index in [-0.39, 0.29) is 28.0 Å². The first-order chi connectivity index (χ1) is 17.8. The Morgan fingerprint density at radius 3 is 2.27 bits per heavy atom. The average Bonchev–Trinajstić information content (AvgIpc) is 2.87. The van der Waals surface area contributed by atoms with E-state index in [1.54, 1.807) is 48.5 Å². The van der Waals surface area contributed by atoms with Crippen LogP contribution < -0.4 is 19.6 Å². The van der Waals surface area contributed by atoms with Crippen molar-refractivity contribution in [2.75, 3.05) is 13.2 Å². The molecule has 1 amide bonds. The van der Waals surface area contributed by atoms with Gasteiger partial charge in [0, 0.05) is 5.56 Å². The summed E-state index contributed by atoms with van der Waals surface area (Å²) in [5.41, 5.74) is 4.25. The third-order valence-corrected chi connectivity index (χ3v) is 5.41. The number of nitrogens with one attached hydrogen (secondary N) is 1. The summed E-state index contributed by atoms with van der Waals surface area (Å²) in [6, 6.07) is 14.3. The zero-order valence-electron chi connectivity index (χ0n) is 19.9. The highest BCUT2D eigenvalue weighted by Gasteiger charge is 2.12. The van der Waals surface area contributed by atoms with Gasteiger partial charge in [-0.15, -0.1) is 0 Å². The summed E-state index contributed by atoms with van der Waals surface area (Å²) in [6.07, 6.45) is 3.01. The first kappa shape index (κ1) is 27.6. The van der Waals surface area contributed by atoms with Gasteiger partial charge in [-0.05, 0) is 60.5 Å². The molecule has 0 aromatic heterocycles. The topological polar surface area (TPSA) is 106 Å². The number of carbonyl (C=O) groups is 2. The average molecular weight is 543 g/mol. The van der Waals surface area contributed by atoms with Gasteiger partial charge in [0.15, 0.2) is 17.2 Å². The minimum absolute atomic E-state index is 0.143. The lowest BCUT2D eigenvalue weighted by Gasteiger charge is -2.12. The van der Waals surface area contributed by atoms with E-state index < -0.39 is 11.9 Å². The SMILES string of the molecule is C=CCOc1ccc(C(=O)N/N=C/c2cc(Cl)c(OCc3ccc(C(=O)O)cc3)c(Cl)c2)cc1OCC. The van der Waals surface area contributed by atoms with Gasteiger partial charge in [0.2, 0.25) is 0 Å². The smallest absolute Gasteiger partial charge is 0.335 e. The molecule has 0 radical (unpaired) electrons. The van der Waals surface area contributed by atoms with Gasteiger partial charge in [-0.25, -0.2) is 10.2 Å². The van der Waals surface area contributed by atoms with Crippen molar-refractivity contribution < 1.29 is 28.9 Å². The Hall–Kier alpha value is -4.01. The number of nitrogens with zero attached hydrogens (tertiary/aromatic N) is 1. The number of carbonyl (C=O) groups excluding carboxylic acids is 1. The molecule has 0 saturated heterocycles. The van der Waals surface area contributed by atoms with Crippen molar-refractivity contribution in [3.05, 3.63) is 99.6 Å². The molecule has 0 spiro atoms. The maximum atomic E-state index is 12.5. The molecular weight excluding hydrogens is 519 g/mol. The molecule has 0 heterocycles. The fourth-order valence-corrected chi connectivity index (χ4v) is 3.72. The lowest BCUT2D eigenvalue weighted by atomic mass is 10.1. The molecule has 10 heteroatoms. The van der Waals surface area contributed by atoms with Crippen molar-refractivity contribution in [3.8, 4) is 17.2 Å². The van der Waals surface area contributed by atoms with Crippen molar-refractivity contribution in [2.24, 2.45) is 5.10 Å². The molecule has 192 valence electrons. The van der Waals surface area contributed by atoms with E-state index in [9.17, 15) is 9.59 Å². The van der Waals surface area contributed by atoms with Crippen LogP contribution in [0.3, 0.4) is 0 Å². The molecule has 3 aromatic rings. The maximum Gasteiger partial charge on any atom is 0.335 e. The molecule has 0 saturated carbocycles. The predicted octanol–water partition coefficient (Wildman–Crippen LogP) is 6.00. The number of rotatable bonds is 12. The normalized spacial score (nSPS) is 10.7. The van der Waals surface area contributed by atoms with Crippen LogP contribution in [0.5, 0.6) is 17.2 Å². The van der Waals surface area contributed by atoms with E-state index in [2.05, 4.69) is 17.1 Å². The van der Waals surface area contributed by atoms with Crippen LogP contribution in [0.15, 0.2) is 72.4 Å². The highest BCUT2D eigenvalue weighted by atomic mass is 35.5. The lowest BCUT2D eigenvalue weighted by Crippen LogP contribution is -2.17. The summed E-state index contributed by atoms with van der Waals surface area (Å²) in [6.45, 7) is 6.31. The van der Waals surface area contributed by atoms with Crippen LogP contribution >= 0.6 is 23.2 Å². The van der Waals surface area contributed by atoms with Gasteiger partial charge in [-0.2, -0.15) is 5.10 Å². The number of carboxylic acid groups (broad SMARTS) is 1. The van der Waals surface area contributed by atoms with Crippen molar-refractivity contribution in [2.45, 2.75) is 13.5 Å². The molecule has 2 N–H and O–H groups in total. The summed E-state index contributed by atoms with van der Waals surface area (Å²) in [7, 11) is 0. The highest BCUT2D eigenvalue weighted by molar-refractivity contribution is 6.37. The van der Waals surface area contributed by atoms with Crippen LogP contribution in [0, 0.1) is 0 Å². The molecule has 0 unspecified atom stereocenters. The Morgan fingerprint density at radius 1 is 0.973 bits per heavy atom. The van der Waals surface area contributed by atoms with Crippen LogP contribution in [-0.4, -0.2) is 36.4 Å². The summed E-state index contributed by atoms with van der Waals surface area (Å²) in [5.74, 6) is -0.236. The first-order valence-electron chi connectivity index (χ1n) is 11.1. The van der Waals surface area contributed by atoms with E-state index in [0.717, 1.165) is 5.56 Å². The molecule has 3 aromatic carbocycles. The predicted molar refractivity (Wildman–Crippen MR) is 143 cm³/mol. The third kappa shape index (κ3) is 7.73. The van der Waals surface area contributed by atoms with Crippen molar-refractivity contribution >= 4 is 41.3 Å². The van der Waals surface area contributed by atoms with Crippen molar-refractivity contribution in [3.63, 3.8) is 0 Å². The molecule has 0 aliphatic carbocycles. The number of ether oxygens (including phenoxy) is 3. The summed E-state index contributed by atoms with van der Waals surface area (Å²) < 4.78 is 16.8. The monoisotopic (exact) mass is 542 g/mol. The summed E-state index contributed by atoms with van der Waals surface area (Å²) >= 11 is 12.7. The number of hydrazone groups is 1. The maximum absolute atomic E-state index is 12.5. The molecule has 8 nitrogen and oxygen atoms in total. The Kier molecular flexibility index (Phi) is 9.94. The van der Waals surface area contributed by atoms with Gasteiger partial charge in [-0.3, -0.25) is 4.79 Å². The fourth-order valence-electron chi connectivity index (χ4n) is 3.11. The van der Waals surface area contributed by atoms with Crippen molar-refractivity contribution in [1.82, 2.24) is 5.43 Å². The largest absolute Gasteiger partial charge is 0.490 e. The van der Waals surface area contributed by atoms with E-state index in [0.29, 0.717) is 35.8 Å². The lowest BCUT2D eigenvalue weighted by molar-refractivity contribution is 0.0696. The molecule has 37 heavy (non-hydrogen) atoms. The Bertz CT molecular complexity index is 1290. The summed E-state index contributed by atoms with van der Waals surface area (Å²) in [5, 5.41) is 13.5. The number of amides is 1. The van der Waals surface area contributed by atoms with E-state index in [4.69, 9.17) is 42.5 Å². The quantitative estimate of drug-likeness (QED) is 0.165. The van der Waals surface area contributed by atoms with Crippen LogP contribution in [0.4, 0.5) is 0 Å². The van der Waals surface area contributed by atoms with Gasteiger partial charge in [-0.1, -0.05) is 48.0 Å². The number of hydrogen-bond acceptors (Lipinski definition) is 6. The number of benzene rings is 3. The molecular formula is C27H24Cl2N2O6. The fraction of sp³-hybridized carbons (Fsp3) is 0.148. The van der Waals surface area contributed by atoms with Crippen molar-refractivity contribution in [1.29, 1.82) is 0 Å². The molecule has 0 fully saturated rings. The molecule has 0 bridgehead atoms. The molecule has 0 atom stereocenters. The van der Waals surface area contributed by atoms with Crippen LogP contribution in [0.2, 0.25) is 10.0 Å². The number of carboxylic acids is 1. The molecule has 3 rings (SSSR count). The van der Waals surface area contributed by atoms with E-state index >= 15 is 0 Å². The third-order valence-electron chi connectivity index (χ3n) is 4.85. The molecule has 0 aliphatic heterocycles. The Morgan fingerprint density at radius 2 is 1.65 bits per heavy atom. The highest BCUT2D eigenvalue weighted by Crippen LogP contribution is 2.34. The standard InChI is InChI=1S/C27H24Cl2N2O6/c1-3-11-36-23-10-9-20(14-24(23)35-4-2)26(32)31-30-15-18-12-21(28)25(22(29)13-18)37-16-17-5-7-19(8-6-17)27(33)34/h3,5-10,12-15H,1,4,11,16H2,2H3,(H,31,32)(H,33,34)/b30-15+. The van der Waals surface area contributed by atoms with E-state index in [1.807, 2.05) is 6.92 Å². The van der Waals surface area contributed by atoms with Gasteiger partial charge >= 0.3 is 5.97 Å². The second-order valence-electron chi connectivity index (χ2n) is 7.50.